The van der Waals surface area contributed by atoms with Crippen LogP contribution in [-0.2, 0) is 22.8 Å². The molecule has 0 fully saturated rings. The minimum absolute atomic E-state index is 0. The summed E-state index contributed by atoms with van der Waals surface area (Å²) in [5.74, 6) is 0.509. The summed E-state index contributed by atoms with van der Waals surface area (Å²) in [4.78, 5) is 0. The van der Waals surface area contributed by atoms with Crippen LogP contribution >= 0.6 is 24.8 Å². The van der Waals surface area contributed by atoms with Crippen molar-refractivity contribution < 1.29 is 17.4 Å². The molecule has 0 amide bonds. The molecule has 0 saturated carbocycles. The Morgan fingerprint density at radius 2 is 1.33 bits per heavy atom. The summed E-state index contributed by atoms with van der Waals surface area (Å²) in [6.45, 7) is 21.3. The van der Waals surface area contributed by atoms with Gasteiger partial charge in [0.25, 0.3) is 0 Å². The molecule has 2 aliphatic rings. The van der Waals surface area contributed by atoms with Crippen molar-refractivity contribution in [1.29, 1.82) is 0 Å². The van der Waals surface area contributed by atoms with Gasteiger partial charge < -0.3 is 0 Å². The van der Waals surface area contributed by atoms with Gasteiger partial charge in [0, 0.05) is 0 Å². The molecule has 2 atom stereocenters. The van der Waals surface area contributed by atoms with Crippen LogP contribution in [-0.4, -0.2) is 6.88 Å². The second kappa shape index (κ2) is 12.8. The predicted octanol–water partition coefficient (Wildman–Crippen LogP) is 12.4. The fraction of sp³-hybridized carbons (Fsp3) is 0.333. The van der Waals surface area contributed by atoms with E-state index in [2.05, 4.69) is 163 Å². The zero-order valence-electron chi connectivity index (χ0n) is 29.4. The van der Waals surface area contributed by atoms with Gasteiger partial charge in [-0.3, -0.25) is 0 Å². The monoisotopic (exact) mass is 744 g/mol. The summed E-state index contributed by atoms with van der Waals surface area (Å²) >= 11 is -3.69. The van der Waals surface area contributed by atoms with Crippen LogP contribution in [0.25, 0.3) is 34.4 Å². The van der Waals surface area contributed by atoms with E-state index in [0.717, 1.165) is 0 Å². The van der Waals surface area contributed by atoms with E-state index in [1.165, 1.54) is 50.1 Å². The van der Waals surface area contributed by atoms with Crippen LogP contribution in [0.1, 0.15) is 87.7 Å². The maximum Gasteiger partial charge on any atom is -0.147 e. The molecular weight excluding hydrogens is 695 g/mol. The van der Waals surface area contributed by atoms with Gasteiger partial charge in [-0.1, -0.05) is 0 Å². The first kappa shape index (κ1) is 36.9. The Bertz CT molecular complexity index is 1920. The quantitative estimate of drug-likeness (QED) is 0.178. The van der Waals surface area contributed by atoms with E-state index in [-0.39, 0.29) is 30.2 Å². The second-order valence-corrected chi connectivity index (χ2v) is 46.7. The molecule has 4 aromatic carbocycles. The molecule has 0 spiro atoms. The molecule has 6 rings (SSSR count). The zero-order chi connectivity index (χ0) is 31.8. The van der Waals surface area contributed by atoms with Crippen molar-refractivity contribution in [2.75, 3.05) is 0 Å². The van der Waals surface area contributed by atoms with Crippen molar-refractivity contribution in [2.24, 2.45) is 5.92 Å². The number of allylic oxidation sites excluding steroid dienone is 2. The summed E-state index contributed by atoms with van der Waals surface area (Å²) < 4.78 is 6.58. The fourth-order valence-electron chi connectivity index (χ4n) is 8.87. The molecule has 0 nitrogen and oxygen atoms in total. The van der Waals surface area contributed by atoms with E-state index in [1.54, 1.807) is 22.3 Å². The topological polar surface area (TPSA) is 0 Å². The third kappa shape index (κ3) is 6.07. The smallest absolute Gasteiger partial charge is 0.147 e. The fourth-order valence-corrected chi connectivity index (χ4v) is 29.5. The Morgan fingerprint density at radius 1 is 0.696 bits per heavy atom. The largest absolute Gasteiger partial charge is 0.147 e. The van der Waals surface area contributed by atoms with Gasteiger partial charge in [0.1, 0.15) is 0 Å². The minimum atomic E-state index is -3.69. The van der Waals surface area contributed by atoms with Crippen molar-refractivity contribution in [3.63, 3.8) is 0 Å². The Balaban J connectivity index is 0.00000240. The van der Waals surface area contributed by atoms with Crippen molar-refractivity contribution in [1.82, 2.24) is 0 Å². The Kier molecular flexibility index (Phi) is 10.3. The number of hydrogen-bond donors (Lipinski definition) is 0. The number of benzene rings is 4. The van der Waals surface area contributed by atoms with Gasteiger partial charge in [0.2, 0.25) is 0 Å². The molecule has 0 bridgehead atoms. The number of fused-ring (bicyclic) bond motifs is 2. The van der Waals surface area contributed by atoms with E-state index in [1.807, 2.05) is 0 Å². The van der Waals surface area contributed by atoms with Crippen LogP contribution in [0.3, 0.4) is 0 Å². The first-order valence-corrected chi connectivity index (χ1v) is 30.2. The van der Waals surface area contributed by atoms with Crippen LogP contribution in [0, 0.1) is 19.8 Å². The molecule has 0 saturated heterocycles. The second-order valence-electron chi connectivity index (χ2n) is 16.2. The van der Waals surface area contributed by atoms with Crippen LogP contribution in [0.15, 0.2) is 90.0 Å². The summed E-state index contributed by atoms with van der Waals surface area (Å²) in [6, 6.07) is 30.0. The summed E-state index contributed by atoms with van der Waals surface area (Å²) in [6.07, 6.45) is 5.18. The normalized spacial score (nSPS) is 17.5. The molecular formula is C42H52Cl2SiZr. The van der Waals surface area contributed by atoms with Gasteiger partial charge in [0.15, 0.2) is 0 Å². The van der Waals surface area contributed by atoms with Gasteiger partial charge >= 0.3 is 271 Å². The third-order valence-corrected chi connectivity index (χ3v) is 28.3. The van der Waals surface area contributed by atoms with E-state index in [9.17, 15) is 0 Å². The summed E-state index contributed by atoms with van der Waals surface area (Å²) in [5, 5.41) is 0. The molecule has 4 aromatic rings. The van der Waals surface area contributed by atoms with Gasteiger partial charge in [-0.2, -0.15) is 0 Å². The van der Waals surface area contributed by atoms with Gasteiger partial charge in [-0.05, 0) is 0 Å². The van der Waals surface area contributed by atoms with E-state index >= 15 is 0 Å². The van der Waals surface area contributed by atoms with E-state index in [0.29, 0.717) is 13.2 Å². The van der Waals surface area contributed by atoms with E-state index < -0.39 is 17.4 Å². The molecule has 0 heterocycles. The van der Waals surface area contributed by atoms with E-state index in [4.69, 9.17) is 0 Å². The maximum atomic E-state index is 2.78. The number of hydrogen-bond acceptors (Lipinski definition) is 0. The molecule has 0 aliphatic heterocycles. The van der Waals surface area contributed by atoms with Crippen LogP contribution < -0.4 is 0 Å². The van der Waals surface area contributed by atoms with Crippen molar-refractivity contribution >= 4 is 43.8 Å². The molecule has 4 heteroatoms. The van der Waals surface area contributed by atoms with Crippen LogP contribution in [0.5, 0.6) is 0 Å². The minimum Gasteiger partial charge on any atom is -0.147 e. The molecule has 46 heavy (non-hydrogen) atoms. The zero-order valence-corrected chi connectivity index (χ0v) is 34.9. The Hall–Kier alpha value is -1.96. The first-order chi connectivity index (χ1) is 20.6. The standard InChI is InChI=1S/C22H25.C18H17.2CH3.2ClH.H2Si.Zr/c1-14-11-19-15(2)13-16(3)21(20(19)12-14)17-7-9-18(10-8-17)22(4,5)6;1-13(2)16-11-15-9-6-10-17(18(15)12-16)14-7-4-3-5-8-14;;;;;;/h7-13H,1-6H3;3-13H,1-2H3;2*1H3;2*1H;1H2;. The molecule has 2 aliphatic carbocycles. The Morgan fingerprint density at radius 3 is 1.91 bits per heavy atom. The van der Waals surface area contributed by atoms with Gasteiger partial charge in [-0.25, -0.2) is 0 Å². The summed E-state index contributed by atoms with van der Waals surface area (Å²) in [7, 11) is 0. The van der Waals surface area contributed by atoms with Crippen molar-refractivity contribution in [3.05, 3.63) is 129 Å². The average molecular weight is 747 g/mol. The molecule has 242 valence electrons. The van der Waals surface area contributed by atoms with Crippen LogP contribution in [0.2, 0.25) is 9.26 Å². The molecule has 2 unspecified atom stereocenters. The SMILES string of the molecule is CC1=Cc2c(-c3ccc(C(C)(C)C)cc3)c(C)cc(C)c2[CH]1[Zr]([CH3])([CH3])(=[SiH2])[CH]1C(C(C)C)=Cc2c(-c3ccccc3)cccc21.Cl.Cl. The van der Waals surface area contributed by atoms with Crippen molar-refractivity contribution in [3.8, 4) is 22.3 Å². The maximum absolute atomic E-state index is 3.69. The van der Waals surface area contributed by atoms with Crippen LogP contribution in [0.4, 0.5) is 0 Å². The first-order valence-electron chi connectivity index (χ1n) is 16.5. The van der Waals surface area contributed by atoms with Crippen molar-refractivity contribution in [2.45, 2.75) is 77.3 Å². The van der Waals surface area contributed by atoms with Gasteiger partial charge in [0.05, 0.1) is 0 Å². The molecule has 0 aromatic heterocycles. The molecule has 0 N–H and O–H groups in total. The predicted molar refractivity (Wildman–Crippen MR) is 209 cm³/mol. The van der Waals surface area contributed by atoms with Gasteiger partial charge in [-0.15, -0.1) is 24.8 Å². The average Bonchev–Trinajstić information content (AvgIpc) is 3.53. The number of aryl methyl sites for hydroxylation is 2. The third-order valence-electron chi connectivity index (χ3n) is 10.7. The summed E-state index contributed by atoms with van der Waals surface area (Å²) in [5.41, 5.74) is 19.2. The number of rotatable bonds is 5. The molecule has 0 radical (unpaired) electrons. The Labute approximate surface area is 293 Å². The number of halogens is 2.